The highest BCUT2D eigenvalue weighted by Gasteiger charge is 1.95. The highest BCUT2D eigenvalue weighted by Crippen LogP contribution is 1.97. The molecule has 0 aliphatic heterocycles. The smallest absolute Gasteiger partial charge is 0.315 e. The molecule has 0 bridgehead atoms. The van der Waals surface area contributed by atoms with Crippen LogP contribution in [0.25, 0.3) is 0 Å². The van der Waals surface area contributed by atoms with Gasteiger partial charge >= 0.3 is 6.01 Å². The van der Waals surface area contributed by atoms with E-state index in [1.807, 2.05) is 16.9 Å². The second-order valence-corrected chi connectivity index (χ2v) is 2.44. The van der Waals surface area contributed by atoms with Crippen LogP contribution in [-0.4, -0.2) is 26.5 Å². The van der Waals surface area contributed by atoms with Crippen molar-refractivity contribution in [3.63, 3.8) is 0 Å². The summed E-state index contributed by atoms with van der Waals surface area (Å²) >= 11 is 0. The van der Waals surface area contributed by atoms with Crippen molar-refractivity contribution in [2.24, 2.45) is 0 Å². The second kappa shape index (κ2) is 3.70. The third-order valence-corrected chi connectivity index (χ3v) is 1.54. The molecule has 0 saturated heterocycles. The van der Waals surface area contributed by atoms with Gasteiger partial charge in [-0.25, -0.2) is 0 Å². The van der Waals surface area contributed by atoms with Crippen LogP contribution in [0.5, 0.6) is 0 Å². The Morgan fingerprint density at radius 3 is 3.23 bits per heavy atom. The maximum Gasteiger partial charge on any atom is 0.315 e. The van der Waals surface area contributed by atoms with Crippen LogP contribution in [0.3, 0.4) is 0 Å². The van der Waals surface area contributed by atoms with Gasteiger partial charge in [0.05, 0.1) is 6.54 Å². The van der Waals surface area contributed by atoms with E-state index in [2.05, 4.69) is 20.6 Å². The molecule has 0 atom stereocenters. The molecule has 6 heteroatoms. The van der Waals surface area contributed by atoms with Gasteiger partial charge in [-0.3, -0.25) is 4.68 Å². The first-order chi connectivity index (χ1) is 6.45. The summed E-state index contributed by atoms with van der Waals surface area (Å²) in [5, 5.41) is 14.2. The Morgan fingerprint density at radius 2 is 2.54 bits per heavy atom. The number of rotatable bonds is 4. The number of hydrogen-bond acceptors (Lipinski definition) is 5. The Kier molecular flexibility index (Phi) is 2.22. The molecule has 6 nitrogen and oxygen atoms in total. The number of hydrogen-bond donors (Lipinski definition) is 1. The van der Waals surface area contributed by atoms with E-state index in [1.165, 1.54) is 6.39 Å². The second-order valence-electron chi connectivity index (χ2n) is 2.44. The van der Waals surface area contributed by atoms with Crippen LogP contribution in [0.1, 0.15) is 0 Å². The molecule has 0 aliphatic carbocycles. The molecule has 13 heavy (non-hydrogen) atoms. The Balaban J connectivity index is 1.76. The van der Waals surface area contributed by atoms with E-state index in [-0.39, 0.29) is 0 Å². The van der Waals surface area contributed by atoms with Gasteiger partial charge in [-0.2, -0.15) is 5.10 Å². The maximum absolute atomic E-state index is 4.89. The molecule has 0 amide bonds. The van der Waals surface area contributed by atoms with Crippen molar-refractivity contribution in [2.75, 3.05) is 11.9 Å². The zero-order valence-corrected chi connectivity index (χ0v) is 6.92. The van der Waals surface area contributed by atoms with Gasteiger partial charge in [-0.1, -0.05) is 5.10 Å². The fourth-order valence-corrected chi connectivity index (χ4v) is 0.960. The molecule has 0 radical (unpaired) electrons. The molecule has 0 fully saturated rings. The fourth-order valence-electron chi connectivity index (χ4n) is 0.960. The fraction of sp³-hybridized carbons (Fsp3) is 0.286. The zero-order chi connectivity index (χ0) is 8.93. The van der Waals surface area contributed by atoms with Gasteiger partial charge in [0, 0.05) is 18.9 Å². The lowest BCUT2D eigenvalue weighted by atomic mass is 10.6. The van der Waals surface area contributed by atoms with Gasteiger partial charge in [0.2, 0.25) is 6.39 Å². The summed E-state index contributed by atoms with van der Waals surface area (Å²) in [6.45, 7) is 1.49. The van der Waals surface area contributed by atoms with Crippen molar-refractivity contribution in [1.82, 2.24) is 20.0 Å². The largest absolute Gasteiger partial charge is 0.411 e. The molecule has 2 rings (SSSR count). The average molecular weight is 179 g/mol. The van der Waals surface area contributed by atoms with Crippen LogP contribution in [0.2, 0.25) is 0 Å². The normalized spacial score (nSPS) is 10.2. The van der Waals surface area contributed by atoms with Crippen LogP contribution in [0, 0.1) is 0 Å². The number of nitrogens with one attached hydrogen (secondary N) is 1. The van der Waals surface area contributed by atoms with Crippen molar-refractivity contribution < 1.29 is 4.42 Å². The van der Waals surface area contributed by atoms with E-state index in [1.54, 1.807) is 6.20 Å². The summed E-state index contributed by atoms with van der Waals surface area (Å²) in [6.07, 6.45) is 4.93. The van der Waals surface area contributed by atoms with Gasteiger partial charge in [0.1, 0.15) is 0 Å². The molecule has 2 aromatic rings. The molecular weight excluding hydrogens is 170 g/mol. The summed E-state index contributed by atoms with van der Waals surface area (Å²) < 4.78 is 6.71. The lowest BCUT2D eigenvalue weighted by molar-refractivity contribution is 0.556. The standard InChI is InChI=1S/C7H9N5O/c1-2-10-12(4-1)5-3-8-7-11-9-6-13-7/h1-2,4,6H,3,5H2,(H,8,11). The molecule has 2 aromatic heterocycles. The lowest BCUT2D eigenvalue weighted by Gasteiger charge is -2.00. The highest BCUT2D eigenvalue weighted by molar-refractivity contribution is 5.14. The van der Waals surface area contributed by atoms with Gasteiger partial charge in [0.15, 0.2) is 0 Å². The van der Waals surface area contributed by atoms with Gasteiger partial charge in [0.25, 0.3) is 0 Å². The topological polar surface area (TPSA) is 68.8 Å². The van der Waals surface area contributed by atoms with E-state index >= 15 is 0 Å². The van der Waals surface area contributed by atoms with Crippen molar-refractivity contribution in [1.29, 1.82) is 0 Å². The molecule has 1 N–H and O–H groups in total. The summed E-state index contributed by atoms with van der Waals surface area (Å²) in [7, 11) is 0. The maximum atomic E-state index is 4.89. The summed E-state index contributed by atoms with van der Waals surface area (Å²) in [6, 6.07) is 2.32. The van der Waals surface area contributed by atoms with Gasteiger partial charge < -0.3 is 9.73 Å². The predicted octanol–water partition coefficient (Wildman–Crippen LogP) is 0.378. The Labute approximate surface area is 74.6 Å². The van der Waals surface area contributed by atoms with E-state index < -0.39 is 0 Å². The van der Waals surface area contributed by atoms with E-state index in [4.69, 9.17) is 4.42 Å². The molecule has 2 heterocycles. The third-order valence-electron chi connectivity index (χ3n) is 1.54. The summed E-state index contributed by atoms with van der Waals surface area (Å²) in [5.41, 5.74) is 0. The first kappa shape index (κ1) is 7.78. The van der Waals surface area contributed by atoms with Crippen LogP contribution in [0.15, 0.2) is 29.3 Å². The molecule has 0 aliphatic rings. The van der Waals surface area contributed by atoms with Crippen molar-refractivity contribution in [3.05, 3.63) is 24.9 Å². The Morgan fingerprint density at radius 1 is 1.54 bits per heavy atom. The number of nitrogens with zero attached hydrogens (tertiary/aromatic N) is 4. The van der Waals surface area contributed by atoms with E-state index in [0.29, 0.717) is 12.6 Å². The SMILES string of the molecule is c1cnn(CCNc2nnco2)c1. The minimum absolute atomic E-state index is 0.437. The van der Waals surface area contributed by atoms with E-state index in [0.717, 1.165) is 6.54 Å². The predicted molar refractivity (Wildman–Crippen MR) is 45.0 cm³/mol. The molecule has 68 valence electrons. The van der Waals surface area contributed by atoms with Crippen molar-refractivity contribution in [2.45, 2.75) is 6.54 Å². The van der Waals surface area contributed by atoms with Crippen LogP contribution >= 0.6 is 0 Å². The molecule has 0 spiro atoms. The van der Waals surface area contributed by atoms with Crippen molar-refractivity contribution in [3.8, 4) is 0 Å². The highest BCUT2D eigenvalue weighted by atomic mass is 16.4. The minimum atomic E-state index is 0.437. The monoisotopic (exact) mass is 179 g/mol. The molecule has 0 saturated carbocycles. The number of aromatic nitrogens is 4. The zero-order valence-electron chi connectivity index (χ0n) is 6.92. The van der Waals surface area contributed by atoms with Crippen LogP contribution in [-0.2, 0) is 6.54 Å². The van der Waals surface area contributed by atoms with Crippen LogP contribution < -0.4 is 5.32 Å². The lowest BCUT2D eigenvalue weighted by Crippen LogP contribution is -2.10. The van der Waals surface area contributed by atoms with Crippen LogP contribution in [0.4, 0.5) is 6.01 Å². The summed E-state index contributed by atoms with van der Waals surface area (Å²) in [4.78, 5) is 0. The molecule has 0 aromatic carbocycles. The van der Waals surface area contributed by atoms with Gasteiger partial charge in [-0.15, -0.1) is 5.10 Å². The van der Waals surface area contributed by atoms with E-state index in [9.17, 15) is 0 Å². The average Bonchev–Trinajstić information content (AvgIpc) is 2.75. The number of anilines is 1. The third kappa shape index (κ3) is 2.05. The van der Waals surface area contributed by atoms with Crippen molar-refractivity contribution >= 4 is 6.01 Å². The molecular formula is C7H9N5O. The minimum Gasteiger partial charge on any atom is -0.411 e. The molecule has 0 unspecified atom stereocenters. The Bertz CT molecular complexity index is 293. The first-order valence-electron chi connectivity index (χ1n) is 3.92. The Hall–Kier alpha value is -1.85. The van der Waals surface area contributed by atoms with Gasteiger partial charge in [-0.05, 0) is 6.07 Å². The quantitative estimate of drug-likeness (QED) is 0.734. The first-order valence-corrected chi connectivity index (χ1v) is 3.92. The summed E-state index contributed by atoms with van der Waals surface area (Å²) in [5.74, 6) is 0.